The molecule has 0 aliphatic carbocycles. The van der Waals surface area contributed by atoms with Crippen molar-refractivity contribution in [1.29, 1.82) is 0 Å². The van der Waals surface area contributed by atoms with Crippen LogP contribution in [0.5, 0.6) is 0 Å². The highest BCUT2D eigenvalue weighted by Gasteiger charge is 2.08. The van der Waals surface area contributed by atoms with Gasteiger partial charge in [0.15, 0.2) is 5.11 Å². The van der Waals surface area contributed by atoms with E-state index in [9.17, 15) is 4.79 Å². The first-order valence-corrected chi connectivity index (χ1v) is 7.74. The van der Waals surface area contributed by atoms with Crippen molar-refractivity contribution in [1.82, 2.24) is 5.32 Å². The molecule has 0 aliphatic heterocycles. The Morgan fingerprint density at radius 2 is 1.62 bits per heavy atom. The van der Waals surface area contributed by atoms with Crippen molar-refractivity contribution in [3.05, 3.63) is 62.5 Å². The van der Waals surface area contributed by atoms with Gasteiger partial charge in [0.2, 0.25) is 0 Å². The van der Waals surface area contributed by atoms with Gasteiger partial charge >= 0.3 is 0 Å². The number of nitrogens with one attached hydrogen (secondary N) is 2. The molecule has 0 aliphatic rings. The second kappa shape index (κ2) is 7.22. The fraction of sp³-hybridized carbons (Fsp3) is 0. The molecular formula is C14H9BrCl2N2OS. The summed E-state index contributed by atoms with van der Waals surface area (Å²) < 4.78 is 0.897. The first-order chi connectivity index (χ1) is 9.94. The minimum absolute atomic E-state index is 0.168. The van der Waals surface area contributed by atoms with Crippen LogP contribution < -0.4 is 10.6 Å². The number of benzene rings is 2. The molecule has 0 atom stereocenters. The number of carbonyl (C=O) groups is 1. The maximum absolute atomic E-state index is 12.0. The quantitative estimate of drug-likeness (QED) is 0.702. The summed E-state index contributed by atoms with van der Waals surface area (Å²) in [5.41, 5.74) is 1.11. The van der Waals surface area contributed by atoms with Gasteiger partial charge in [-0.05, 0) is 54.7 Å². The van der Waals surface area contributed by atoms with Gasteiger partial charge in [-0.15, -0.1) is 0 Å². The number of anilines is 1. The van der Waals surface area contributed by atoms with E-state index in [1.165, 1.54) is 0 Å². The Labute approximate surface area is 145 Å². The molecule has 0 spiro atoms. The highest BCUT2D eigenvalue weighted by Crippen LogP contribution is 2.22. The van der Waals surface area contributed by atoms with Crippen LogP contribution in [-0.4, -0.2) is 11.0 Å². The number of amides is 1. The lowest BCUT2D eigenvalue weighted by atomic mass is 10.2. The smallest absolute Gasteiger partial charge is 0.257 e. The Balaban J connectivity index is 2.01. The second-order valence-corrected chi connectivity index (χ2v) is 6.27. The molecule has 1 amide bonds. The van der Waals surface area contributed by atoms with E-state index >= 15 is 0 Å². The topological polar surface area (TPSA) is 41.1 Å². The van der Waals surface area contributed by atoms with Gasteiger partial charge in [-0.2, -0.15) is 0 Å². The minimum atomic E-state index is -0.298. The summed E-state index contributed by atoms with van der Waals surface area (Å²) in [4.78, 5) is 12.0. The van der Waals surface area contributed by atoms with Gasteiger partial charge in [0.1, 0.15) is 0 Å². The number of hydrogen-bond donors (Lipinski definition) is 2. The van der Waals surface area contributed by atoms with Gasteiger partial charge in [0, 0.05) is 25.8 Å². The van der Waals surface area contributed by atoms with Crippen molar-refractivity contribution in [2.45, 2.75) is 0 Å². The minimum Gasteiger partial charge on any atom is -0.332 e. The summed E-state index contributed by atoms with van der Waals surface area (Å²) in [5.74, 6) is -0.298. The molecule has 0 saturated carbocycles. The zero-order chi connectivity index (χ0) is 15.4. The van der Waals surface area contributed by atoms with Gasteiger partial charge in [-0.3, -0.25) is 10.1 Å². The molecule has 0 saturated heterocycles. The van der Waals surface area contributed by atoms with E-state index in [4.69, 9.17) is 35.4 Å². The Bertz CT molecular complexity index is 672. The molecule has 2 N–H and O–H groups in total. The van der Waals surface area contributed by atoms with Crippen LogP contribution in [-0.2, 0) is 0 Å². The van der Waals surface area contributed by atoms with Gasteiger partial charge in [0.25, 0.3) is 5.91 Å². The fourth-order valence-corrected chi connectivity index (χ4v) is 2.57. The molecule has 2 aromatic rings. The molecule has 108 valence electrons. The normalized spacial score (nSPS) is 10.0. The van der Waals surface area contributed by atoms with E-state index in [1.54, 1.807) is 42.5 Å². The molecule has 0 aromatic heterocycles. The van der Waals surface area contributed by atoms with Crippen molar-refractivity contribution >= 4 is 68.1 Å². The molecule has 3 nitrogen and oxygen atoms in total. The van der Waals surface area contributed by atoms with Gasteiger partial charge in [-0.25, -0.2) is 0 Å². The average Bonchev–Trinajstić information content (AvgIpc) is 2.37. The van der Waals surface area contributed by atoms with Gasteiger partial charge in [0.05, 0.1) is 0 Å². The monoisotopic (exact) mass is 402 g/mol. The molecule has 21 heavy (non-hydrogen) atoms. The zero-order valence-corrected chi connectivity index (χ0v) is 14.4. The van der Waals surface area contributed by atoms with Crippen molar-refractivity contribution < 1.29 is 4.79 Å². The number of hydrogen-bond acceptors (Lipinski definition) is 2. The third-order valence-electron chi connectivity index (χ3n) is 2.45. The second-order valence-electron chi connectivity index (χ2n) is 4.07. The standard InChI is InChI=1S/C14H9BrCl2N2OS/c15-9-3-1-8(2-4-9)13(20)19-14(21)18-12-6-10(16)5-11(17)7-12/h1-7H,(H2,18,19,20,21). The molecule has 2 rings (SSSR count). The van der Waals surface area contributed by atoms with Crippen molar-refractivity contribution in [2.75, 3.05) is 5.32 Å². The van der Waals surface area contributed by atoms with Crippen molar-refractivity contribution in [2.24, 2.45) is 0 Å². The molecule has 0 fully saturated rings. The number of thiocarbonyl (C=S) groups is 1. The molecule has 0 radical (unpaired) electrons. The highest BCUT2D eigenvalue weighted by molar-refractivity contribution is 9.10. The summed E-state index contributed by atoms with van der Waals surface area (Å²) in [7, 11) is 0. The largest absolute Gasteiger partial charge is 0.332 e. The Kier molecular flexibility index (Phi) is 5.58. The Morgan fingerprint density at radius 1 is 1.05 bits per heavy atom. The van der Waals surface area contributed by atoms with Crippen LogP contribution in [0.2, 0.25) is 10.0 Å². The predicted octanol–water partition coefficient (Wildman–Crippen LogP) is 4.88. The molecule has 0 unspecified atom stereocenters. The average molecular weight is 404 g/mol. The van der Waals surface area contributed by atoms with E-state index in [0.717, 1.165) is 4.47 Å². The van der Waals surface area contributed by atoms with Gasteiger partial charge in [-0.1, -0.05) is 39.1 Å². The van der Waals surface area contributed by atoms with Crippen LogP contribution >= 0.6 is 51.3 Å². The van der Waals surface area contributed by atoms with Crippen LogP contribution in [0, 0.1) is 0 Å². The summed E-state index contributed by atoms with van der Waals surface area (Å²) in [5, 5.41) is 6.57. The van der Waals surface area contributed by atoms with E-state index in [2.05, 4.69) is 26.6 Å². The molecule has 0 heterocycles. The summed E-state index contributed by atoms with van der Waals surface area (Å²) >= 11 is 20.2. The van der Waals surface area contributed by atoms with Crippen LogP contribution in [0.1, 0.15) is 10.4 Å². The molecular weight excluding hydrogens is 395 g/mol. The van der Waals surface area contributed by atoms with Crippen molar-refractivity contribution in [3.8, 4) is 0 Å². The van der Waals surface area contributed by atoms with Crippen molar-refractivity contribution in [3.63, 3.8) is 0 Å². The maximum atomic E-state index is 12.0. The predicted molar refractivity (Wildman–Crippen MR) is 94.3 cm³/mol. The third-order valence-corrected chi connectivity index (χ3v) is 3.62. The lowest BCUT2D eigenvalue weighted by Crippen LogP contribution is -2.34. The van der Waals surface area contributed by atoms with E-state index < -0.39 is 0 Å². The van der Waals surface area contributed by atoms with E-state index in [1.807, 2.05) is 0 Å². The van der Waals surface area contributed by atoms with Crippen LogP contribution in [0.25, 0.3) is 0 Å². The number of rotatable bonds is 2. The van der Waals surface area contributed by atoms with Gasteiger partial charge < -0.3 is 5.32 Å². The van der Waals surface area contributed by atoms with Crippen LogP contribution in [0.4, 0.5) is 5.69 Å². The summed E-state index contributed by atoms with van der Waals surface area (Å²) in [6.45, 7) is 0. The molecule has 2 aromatic carbocycles. The third kappa shape index (κ3) is 4.97. The zero-order valence-electron chi connectivity index (χ0n) is 10.5. The lowest BCUT2D eigenvalue weighted by Gasteiger charge is -2.10. The lowest BCUT2D eigenvalue weighted by molar-refractivity contribution is 0.0977. The van der Waals surface area contributed by atoms with E-state index in [-0.39, 0.29) is 11.0 Å². The maximum Gasteiger partial charge on any atom is 0.257 e. The SMILES string of the molecule is O=C(NC(=S)Nc1cc(Cl)cc(Cl)c1)c1ccc(Br)cc1. The first-order valence-electron chi connectivity index (χ1n) is 5.78. The fourth-order valence-electron chi connectivity index (χ4n) is 1.56. The van der Waals surface area contributed by atoms with E-state index in [0.29, 0.717) is 21.3 Å². The molecule has 7 heteroatoms. The number of carbonyl (C=O) groups excluding carboxylic acids is 1. The Hall–Kier alpha value is -1.14. The van der Waals surface area contributed by atoms with Crippen LogP contribution in [0.3, 0.4) is 0 Å². The summed E-state index contributed by atoms with van der Waals surface area (Å²) in [6.07, 6.45) is 0. The molecule has 0 bridgehead atoms. The first kappa shape index (κ1) is 16.2. The van der Waals surface area contributed by atoms with Crippen LogP contribution in [0.15, 0.2) is 46.9 Å². The number of halogens is 3. The summed E-state index contributed by atoms with van der Waals surface area (Å²) in [6, 6.07) is 11.9. The Morgan fingerprint density at radius 3 is 2.19 bits per heavy atom. The highest BCUT2D eigenvalue weighted by atomic mass is 79.9.